The van der Waals surface area contributed by atoms with Gasteiger partial charge in [0.1, 0.15) is 5.56 Å². The summed E-state index contributed by atoms with van der Waals surface area (Å²) in [7, 11) is 0. The van der Waals surface area contributed by atoms with Gasteiger partial charge in [-0.2, -0.15) is 4.98 Å². The van der Waals surface area contributed by atoms with Gasteiger partial charge in [0.25, 0.3) is 0 Å². The number of carbonyl (C=O) groups excluding carboxylic acids is 1. The van der Waals surface area contributed by atoms with Crippen LogP contribution in [0.15, 0.2) is 54.1 Å². The van der Waals surface area contributed by atoms with Crippen LogP contribution in [0.3, 0.4) is 0 Å². The first kappa shape index (κ1) is 21.8. The zero-order chi connectivity index (χ0) is 23.5. The number of imidazole rings is 1. The van der Waals surface area contributed by atoms with Crippen LogP contribution in [0.4, 0.5) is 5.95 Å². The molecule has 5 rings (SSSR count). The topological polar surface area (TPSA) is 104 Å². The first-order chi connectivity index (χ1) is 16.6. The molecular formula is C25H26N6O3. The van der Waals surface area contributed by atoms with Gasteiger partial charge in [0.2, 0.25) is 11.4 Å². The lowest BCUT2D eigenvalue weighted by Crippen LogP contribution is -2.22. The molecule has 1 aliphatic carbocycles. The van der Waals surface area contributed by atoms with Crippen molar-refractivity contribution in [1.82, 2.24) is 24.1 Å². The van der Waals surface area contributed by atoms with E-state index in [2.05, 4.69) is 32.4 Å². The minimum absolute atomic E-state index is 0.0283. The Morgan fingerprint density at radius 2 is 2.12 bits per heavy atom. The molecule has 3 heterocycles. The Kier molecular flexibility index (Phi) is 6.07. The third kappa shape index (κ3) is 4.28. The molecule has 0 spiro atoms. The molecular weight excluding hydrogens is 432 g/mol. The number of aromatic nitrogens is 5. The number of esters is 1. The number of hydrogen-bond acceptors (Lipinski definition) is 7. The number of hydrogen-bond donors (Lipinski definition) is 1. The molecule has 1 N–H and O–H groups in total. The summed E-state index contributed by atoms with van der Waals surface area (Å²) < 4.78 is 8.93. The van der Waals surface area contributed by atoms with Crippen molar-refractivity contribution in [2.75, 3.05) is 18.5 Å². The van der Waals surface area contributed by atoms with Crippen molar-refractivity contribution in [3.05, 3.63) is 76.2 Å². The largest absolute Gasteiger partial charge is 0.462 e. The van der Waals surface area contributed by atoms with Crippen LogP contribution in [0, 0.1) is 0 Å². The van der Waals surface area contributed by atoms with Gasteiger partial charge in [-0.25, -0.2) is 14.8 Å². The van der Waals surface area contributed by atoms with Crippen LogP contribution >= 0.6 is 0 Å². The van der Waals surface area contributed by atoms with Crippen molar-refractivity contribution in [1.29, 1.82) is 0 Å². The van der Waals surface area contributed by atoms with Crippen LogP contribution in [0.25, 0.3) is 16.7 Å². The summed E-state index contributed by atoms with van der Waals surface area (Å²) in [5.74, 6) is -0.220. The maximum absolute atomic E-state index is 13.1. The summed E-state index contributed by atoms with van der Waals surface area (Å²) >= 11 is 0. The fourth-order valence-corrected chi connectivity index (χ4v) is 4.34. The molecule has 0 fully saturated rings. The molecule has 0 saturated heterocycles. The van der Waals surface area contributed by atoms with E-state index in [1.165, 1.54) is 23.5 Å². The molecule has 1 aromatic carbocycles. The van der Waals surface area contributed by atoms with Gasteiger partial charge >= 0.3 is 5.97 Å². The Bertz CT molecular complexity index is 1390. The quantitative estimate of drug-likeness (QED) is 0.319. The van der Waals surface area contributed by atoms with Gasteiger partial charge in [-0.1, -0.05) is 6.07 Å². The van der Waals surface area contributed by atoms with E-state index in [1.807, 2.05) is 16.8 Å². The first-order valence-corrected chi connectivity index (χ1v) is 11.6. The number of ether oxygens (including phenoxy) is 1. The van der Waals surface area contributed by atoms with Crippen molar-refractivity contribution >= 4 is 23.0 Å². The lowest BCUT2D eigenvalue weighted by atomic mass is 10.1. The van der Waals surface area contributed by atoms with Gasteiger partial charge in [-0.05, 0) is 55.9 Å². The summed E-state index contributed by atoms with van der Waals surface area (Å²) in [5, 5.41) is 3.51. The number of carbonyl (C=O) groups is 1. The third-order valence-corrected chi connectivity index (χ3v) is 6.04. The van der Waals surface area contributed by atoms with Crippen molar-refractivity contribution in [3.8, 4) is 5.69 Å². The third-order valence-electron chi connectivity index (χ3n) is 6.04. The molecule has 174 valence electrons. The molecule has 0 amide bonds. The molecule has 3 aromatic heterocycles. The van der Waals surface area contributed by atoms with Crippen LogP contribution < -0.4 is 10.7 Å². The standard InChI is InChI=1S/C25H26N6O3/c1-2-34-24(33)21-15-31(19-8-7-17-5-3-6-18(17)13-19)23-20(22(21)32)14-28-25(29-23)27-9-4-11-30-12-10-26-16-30/h7-8,10,12-16H,2-6,9,11H2,1H3,(H,27,28,29). The fourth-order valence-electron chi connectivity index (χ4n) is 4.34. The Labute approximate surface area is 196 Å². The molecule has 0 saturated carbocycles. The summed E-state index contributed by atoms with van der Waals surface area (Å²) in [5.41, 5.74) is 3.46. The maximum Gasteiger partial charge on any atom is 0.343 e. The van der Waals surface area contributed by atoms with Gasteiger partial charge in [0.15, 0.2) is 5.65 Å². The van der Waals surface area contributed by atoms with Gasteiger partial charge < -0.3 is 19.2 Å². The predicted octanol–water partition coefficient (Wildman–Crippen LogP) is 3.14. The Morgan fingerprint density at radius 1 is 1.24 bits per heavy atom. The van der Waals surface area contributed by atoms with Gasteiger partial charge in [-0.3, -0.25) is 4.79 Å². The maximum atomic E-state index is 13.1. The van der Waals surface area contributed by atoms with E-state index < -0.39 is 11.4 Å². The van der Waals surface area contributed by atoms with E-state index in [0.29, 0.717) is 18.1 Å². The molecule has 4 aromatic rings. The smallest absolute Gasteiger partial charge is 0.343 e. The van der Waals surface area contributed by atoms with E-state index in [0.717, 1.165) is 37.9 Å². The Hall–Kier alpha value is -4.01. The number of nitrogens with zero attached hydrogens (tertiary/aromatic N) is 5. The molecule has 9 heteroatoms. The number of anilines is 1. The number of pyridine rings is 1. The molecule has 0 radical (unpaired) electrons. The summed E-state index contributed by atoms with van der Waals surface area (Å²) in [6.07, 6.45) is 12.6. The highest BCUT2D eigenvalue weighted by atomic mass is 16.5. The minimum atomic E-state index is -0.647. The number of benzene rings is 1. The fraction of sp³-hybridized carbons (Fsp3) is 0.320. The van der Waals surface area contributed by atoms with Crippen molar-refractivity contribution in [3.63, 3.8) is 0 Å². The zero-order valence-corrected chi connectivity index (χ0v) is 19.0. The lowest BCUT2D eigenvalue weighted by Gasteiger charge is -2.14. The van der Waals surface area contributed by atoms with Crippen LogP contribution in [0.1, 0.15) is 41.3 Å². The second kappa shape index (κ2) is 9.46. The van der Waals surface area contributed by atoms with E-state index in [1.54, 1.807) is 24.0 Å². The van der Waals surface area contributed by atoms with E-state index in [9.17, 15) is 9.59 Å². The highest BCUT2D eigenvalue weighted by Crippen LogP contribution is 2.26. The monoisotopic (exact) mass is 458 g/mol. The average Bonchev–Trinajstić information content (AvgIpc) is 3.54. The van der Waals surface area contributed by atoms with Gasteiger partial charge in [-0.15, -0.1) is 0 Å². The average molecular weight is 459 g/mol. The molecule has 0 atom stereocenters. The van der Waals surface area contributed by atoms with Crippen molar-refractivity contribution in [2.24, 2.45) is 0 Å². The number of aryl methyl sites for hydroxylation is 3. The van der Waals surface area contributed by atoms with E-state index in [-0.39, 0.29) is 17.6 Å². The van der Waals surface area contributed by atoms with Crippen LogP contribution in [0.2, 0.25) is 0 Å². The molecule has 1 aliphatic rings. The molecule has 34 heavy (non-hydrogen) atoms. The predicted molar refractivity (Wildman–Crippen MR) is 128 cm³/mol. The lowest BCUT2D eigenvalue weighted by molar-refractivity contribution is 0.0524. The van der Waals surface area contributed by atoms with Gasteiger partial charge in [0, 0.05) is 43.6 Å². The molecule has 9 nitrogen and oxygen atoms in total. The second-order valence-electron chi connectivity index (χ2n) is 8.28. The first-order valence-electron chi connectivity index (χ1n) is 11.6. The second-order valence-corrected chi connectivity index (χ2v) is 8.28. The van der Waals surface area contributed by atoms with Crippen molar-refractivity contribution < 1.29 is 9.53 Å². The normalized spacial score (nSPS) is 12.6. The molecule has 0 bridgehead atoms. The van der Waals surface area contributed by atoms with E-state index >= 15 is 0 Å². The van der Waals surface area contributed by atoms with Crippen LogP contribution in [-0.2, 0) is 24.1 Å². The summed E-state index contributed by atoms with van der Waals surface area (Å²) in [6, 6.07) is 6.23. The van der Waals surface area contributed by atoms with E-state index in [4.69, 9.17) is 4.74 Å². The Morgan fingerprint density at radius 3 is 2.94 bits per heavy atom. The van der Waals surface area contributed by atoms with Crippen LogP contribution in [-0.4, -0.2) is 43.2 Å². The molecule has 0 unspecified atom stereocenters. The summed E-state index contributed by atoms with van der Waals surface area (Å²) in [4.78, 5) is 38.7. The number of rotatable bonds is 8. The highest BCUT2D eigenvalue weighted by molar-refractivity contribution is 5.93. The number of fused-ring (bicyclic) bond motifs is 2. The van der Waals surface area contributed by atoms with Crippen molar-refractivity contribution in [2.45, 2.75) is 39.2 Å². The zero-order valence-electron chi connectivity index (χ0n) is 19.0. The van der Waals surface area contributed by atoms with Crippen LogP contribution in [0.5, 0.6) is 0 Å². The summed E-state index contributed by atoms with van der Waals surface area (Å²) in [6.45, 7) is 3.39. The number of nitrogens with one attached hydrogen (secondary N) is 1. The molecule has 0 aliphatic heterocycles. The highest BCUT2D eigenvalue weighted by Gasteiger charge is 2.20. The minimum Gasteiger partial charge on any atom is -0.462 e. The SMILES string of the molecule is CCOC(=O)c1cn(-c2ccc3c(c2)CCC3)c2nc(NCCCn3ccnc3)ncc2c1=O. The van der Waals surface area contributed by atoms with Gasteiger partial charge in [0.05, 0.1) is 18.3 Å². The Balaban J connectivity index is 1.52.